The van der Waals surface area contributed by atoms with E-state index in [1.165, 1.54) is 0 Å². The zero-order valence-corrected chi connectivity index (χ0v) is 8.93. The van der Waals surface area contributed by atoms with E-state index in [0.29, 0.717) is 0 Å². The number of hydrogen-bond acceptors (Lipinski definition) is 6. The Bertz CT molecular complexity index is 202. The van der Waals surface area contributed by atoms with Crippen molar-refractivity contribution in [2.24, 2.45) is 11.5 Å². The summed E-state index contributed by atoms with van der Waals surface area (Å²) in [4.78, 5) is 19.6. The Morgan fingerprint density at radius 1 is 1.13 bits per heavy atom. The van der Waals surface area contributed by atoms with Crippen LogP contribution in [0.1, 0.15) is 6.42 Å². The van der Waals surface area contributed by atoms with Gasteiger partial charge in [-0.05, 0) is 6.42 Å². The highest BCUT2D eigenvalue weighted by Gasteiger charge is 2.08. The number of hydrogen-bond donors (Lipinski definition) is 6. The van der Waals surface area contributed by atoms with Gasteiger partial charge >= 0.3 is 11.9 Å². The molecule has 0 aliphatic heterocycles. The van der Waals surface area contributed by atoms with Crippen LogP contribution in [0.4, 0.5) is 0 Å². The first-order valence-corrected chi connectivity index (χ1v) is 4.68. The average molecular weight is 240 g/mol. The predicted molar refractivity (Wildman–Crippen MR) is 56.8 cm³/mol. The van der Waals surface area contributed by atoms with Crippen molar-refractivity contribution in [1.29, 1.82) is 0 Å². The molecule has 2 atom stereocenters. The Kier molecular flexibility index (Phi) is 10.7. The molecule has 0 aliphatic rings. The van der Waals surface area contributed by atoms with E-state index >= 15 is 0 Å². The molecule has 0 saturated heterocycles. The van der Waals surface area contributed by atoms with Crippen molar-refractivity contribution in [2.45, 2.75) is 18.5 Å². The van der Waals surface area contributed by atoms with E-state index in [-0.39, 0.29) is 18.8 Å². The maximum Gasteiger partial charge on any atom is 0.321 e. The maximum absolute atomic E-state index is 9.85. The fraction of sp³-hybridized carbons (Fsp3) is 0.714. The molecule has 8 heteroatoms. The summed E-state index contributed by atoms with van der Waals surface area (Å²) in [5, 5.41) is 24.2. The van der Waals surface area contributed by atoms with E-state index in [1.54, 1.807) is 0 Å². The van der Waals surface area contributed by atoms with Crippen molar-refractivity contribution >= 4 is 24.6 Å². The SMILES string of the molecule is NC(CCO)C(=O)O.NC(CS)C(=O)O. The van der Waals surface area contributed by atoms with Crippen LogP contribution in [0.2, 0.25) is 0 Å². The predicted octanol–water partition coefficient (Wildman–Crippen LogP) is -1.89. The first-order chi connectivity index (χ1) is 6.86. The van der Waals surface area contributed by atoms with Crippen molar-refractivity contribution in [3.63, 3.8) is 0 Å². The molecule has 0 amide bonds. The lowest BCUT2D eigenvalue weighted by Gasteiger charge is -2.00. The molecule has 0 spiro atoms. The smallest absolute Gasteiger partial charge is 0.321 e. The Morgan fingerprint density at radius 2 is 1.53 bits per heavy atom. The topological polar surface area (TPSA) is 147 Å². The number of carbonyl (C=O) groups is 2. The third-order valence-electron chi connectivity index (χ3n) is 1.27. The molecule has 0 fully saturated rings. The van der Waals surface area contributed by atoms with Gasteiger partial charge in [0.2, 0.25) is 0 Å². The first-order valence-electron chi connectivity index (χ1n) is 4.05. The lowest BCUT2D eigenvalue weighted by atomic mass is 10.2. The van der Waals surface area contributed by atoms with Gasteiger partial charge in [-0.1, -0.05) is 0 Å². The number of aliphatic carboxylic acids is 2. The largest absolute Gasteiger partial charge is 0.480 e. The molecule has 7 nitrogen and oxygen atoms in total. The number of nitrogens with two attached hydrogens (primary N) is 2. The van der Waals surface area contributed by atoms with Gasteiger partial charge in [0, 0.05) is 12.4 Å². The van der Waals surface area contributed by atoms with Crippen LogP contribution < -0.4 is 11.5 Å². The minimum atomic E-state index is -1.07. The van der Waals surface area contributed by atoms with E-state index in [9.17, 15) is 9.59 Å². The third-order valence-corrected chi connectivity index (χ3v) is 1.66. The van der Waals surface area contributed by atoms with Gasteiger partial charge < -0.3 is 26.8 Å². The fourth-order valence-corrected chi connectivity index (χ4v) is 0.497. The summed E-state index contributed by atoms with van der Waals surface area (Å²) in [7, 11) is 0. The Morgan fingerprint density at radius 3 is 1.60 bits per heavy atom. The molecule has 0 bridgehead atoms. The summed E-state index contributed by atoms with van der Waals surface area (Å²) >= 11 is 3.65. The fourth-order valence-electron chi connectivity index (χ4n) is 0.341. The van der Waals surface area contributed by atoms with Gasteiger partial charge in [0.1, 0.15) is 12.1 Å². The second-order valence-corrected chi connectivity index (χ2v) is 2.95. The minimum absolute atomic E-state index is 0.120. The monoisotopic (exact) mass is 240 g/mol. The highest BCUT2D eigenvalue weighted by molar-refractivity contribution is 7.80. The number of aliphatic hydroxyl groups excluding tert-OH is 1. The van der Waals surface area contributed by atoms with E-state index in [0.717, 1.165) is 0 Å². The Labute approximate surface area is 92.5 Å². The number of thiol groups is 1. The number of carboxylic acid groups (broad SMARTS) is 2. The molecule has 0 aromatic rings. The molecule has 0 heterocycles. The van der Waals surface area contributed by atoms with Crippen LogP contribution in [-0.2, 0) is 9.59 Å². The maximum atomic E-state index is 9.85. The van der Waals surface area contributed by atoms with E-state index in [1.807, 2.05) is 0 Å². The second kappa shape index (κ2) is 9.71. The summed E-state index contributed by atoms with van der Waals surface area (Å²) < 4.78 is 0. The molecular formula is C7H16N2O5S. The molecular weight excluding hydrogens is 224 g/mol. The van der Waals surface area contributed by atoms with Gasteiger partial charge in [0.05, 0.1) is 0 Å². The molecule has 0 rings (SSSR count). The summed E-state index contributed by atoms with van der Waals surface area (Å²) in [6.45, 7) is -0.173. The zero-order chi connectivity index (χ0) is 12.4. The average Bonchev–Trinajstić information content (AvgIpc) is 2.17. The van der Waals surface area contributed by atoms with Gasteiger partial charge in [0.25, 0.3) is 0 Å². The van der Waals surface area contributed by atoms with E-state index in [4.69, 9.17) is 26.8 Å². The van der Waals surface area contributed by atoms with Crippen LogP contribution in [0, 0.1) is 0 Å². The van der Waals surface area contributed by atoms with Crippen LogP contribution in [0.3, 0.4) is 0 Å². The molecule has 2 unspecified atom stereocenters. The summed E-state index contributed by atoms with van der Waals surface area (Å²) in [6.07, 6.45) is 0.120. The standard InChI is InChI=1S/C4H9NO3.C3H7NO2S/c5-3(1-2-6)4(7)8;4-2(1-7)3(5)6/h3,6H,1-2,5H2,(H,7,8);2,7H,1,4H2,(H,5,6). The van der Waals surface area contributed by atoms with Crippen LogP contribution >= 0.6 is 12.6 Å². The zero-order valence-electron chi connectivity index (χ0n) is 8.04. The van der Waals surface area contributed by atoms with Crippen molar-refractivity contribution < 1.29 is 24.9 Å². The summed E-state index contributed by atoms with van der Waals surface area (Å²) in [6, 6.07) is -1.73. The van der Waals surface area contributed by atoms with Crippen molar-refractivity contribution in [2.75, 3.05) is 12.4 Å². The van der Waals surface area contributed by atoms with Crippen LogP contribution in [0.25, 0.3) is 0 Å². The van der Waals surface area contributed by atoms with Gasteiger partial charge in [-0.25, -0.2) is 0 Å². The molecule has 7 N–H and O–H groups in total. The van der Waals surface area contributed by atoms with Gasteiger partial charge in [-0.3, -0.25) is 9.59 Å². The Balaban J connectivity index is 0. The van der Waals surface area contributed by atoms with Crippen molar-refractivity contribution in [1.82, 2.24) is 0 Å². The molecule has 0 saturated carbocycles. The second-order valence-electron chi connectivity index (χ2n) is 2.58. The third kappa shape index (κ3) is 11.1. The highest BCUT2D eigenvalue weighted by Crippen LogP contribution is 1.83. The molecule has 0 radical (unpaired) electrons. The minimum Gasteiger partial charge on any atom is -0.480 e. The number of rotatable bonds is 5. The first kappa shape index (κ1) is 16.6. The van der Waals surface area contributed by atoms with Gasteiger partial charge in [-0.15, -0.1) is 0 Å². The van der Waals surface area contributed by atoms with Crippen LogP contribution in [0.5, 0.6) is 0 Å². The van der Waals surface area contributed by atoms with Crippen LogP contribution in [-0.4, -0.2) is 51.7 Å². The highest BCUT2D eigenvalue weighted by atomic mass is 32.1. The van der Waals surface area contributed by atoms with Gasteiger partial charge in [0.15, 0.2) is 0 Å². The quantitative estimate of drug-likeness (QED) is 0.308. The summed E-state index contributed by atoms with van der Waals surface area (Å²) in [5.74, 6) is -1.89. The molecule has 0 aromatic carbocycles. The lowest BCUT2D eigenvalue weighted by Crippen LogP contribution is -2.31. The number of carboxylic acids is 2. The van der Waals surface area contributed by atoms with Crippen molar-refractivity contribution in [3.05, 3.63) is 0 Å². The molecule has 15 heavy (non-hydrogen) atoms. The van der Waals surface area contributed by atoms with E-state index < -0.39 is 24.0 Å². The normalized spacial score (nSPS) is 13.3. The van der Waals surface area contributed by atoms with Crippen molar-refractivity contribution in [3.8, 4) is 0 Å². The van der Waals surface area contributed by atoms with Crippen LogP contribution in [0.15, 0.2) is 0 Å². The number of aliphatic hydroxyl groups is 1. The van der Waals surface area contributed by atoms with E-state index in [2.05, 4.69) is 12.6 Å². The lowest BCUT2D eigenvalue weighted by molar-refractivity contribution is -0.139. The summed E-state index contributed by atoms with van der Waals surface area (Å²) in [5.41, 5.74) is 9.91. The molecule has 90 valence electrons. The van der Waals surface area contributed by atoms with Gasteiger partial charge in [-0.2, -0.15) is 12.6 Å². The molecule has 0 aliphatic carbocycles. The Hall–Kier alpha value is -0.830. The molecule has 0 aromatic heterocycles.